The molecule has 0 aliphatic heterocycles. The number of amides is 2. The Kier molecular flexibility index (Phi) is 6.22. The number of para-hydroxylation sites is 1. The zero-order valence-electron chi connectivity index (χ0n) is 13.3. The van der Waals surface area contributed by atoms with E-state index >= 15 is 0 Å². The van der Waals surface area contributed by atoms with Crippen LogP contribution in [-0.2, 0) is 9.59 Å². The van der Waals surface area contributed by atoms with Crippen molar-refractivity contribution in [3.8, 4) is 5.75 Å². The van der Waals surface area contributed by atoms with E-state index in [1.54, 1.807) is 12.1 Å². The maximum absolute atomic E-state index is 13.5. The third kappa shape index (κ3) is 5.42. The molecule has 7 heteroatoms. The van der Waals surface area contributed by atoms with Gasteiger partial charge in [-0.15, -0.1) is 0 Å². The molecular formula is C18H16F2N2O3. The summed E-state index contributed by atoms with van der Waals surface area (Å²) in [5.74, 6) is -2.47. The molecule has 0 radical (unpaired) electrons. The minimum absolute atomic E-state index is 0.0732. The van der Waals surface area contributed by atoms with Crippen LogP contribution in [0.15, 0.2) is 54.6 Å². The zero-order valence-corrected chi connectivity index (χ0v) is 13.3. The fourth-order valence-electron chi connectivity index (χ4n) is 1.83. The Morgan fingerprint density at radius 1 is 1.00 bits per heavy atom. The highest BCUT2D eigenvalue weighted by atomic mass is 19.1. The molecule has 0 saturated heterocycles. The van der Waals surface area contributed by atoms with E-state index < -0.39 is 29.6 Å². The van der Waals surface area contributed by atoms with Crippen LogP contribution in [-0.4, -0.2) is 17.9 Å². The summed E-state index contributed by atoms with van der Waals surface area (Å²) in [6.07, 6.45) is 1.31. The number of benzene rings is 2. The molecule has 0 bridgehead atoms. The molecule has 5 nitrogen and oxygen atoms in total. The summed E-state index contributed by atoms with van der Waals surface area (Å²) in [6.45, 7) is 1.41. The van der Waals surface area contributed by atoms with Gasteiger partial charge in [-0.1, -0.05) is 30.3 Å². The summed E-state index contributed by atoms with van der Waals surface area (Å²) < 4.78 is 32.0. The smallest absolute Gasteiger partial charge is 0.279 e. The average molecular weight is 346 g/mol. The minimum atomic E-state index is -1.03. The summed E-state index contributed by atoms with van der Waals surface area (Å²) in [4.78, 5) is 23.5. The Labute approximate surface area is 143 Å². The zero-order chi connectivity index (χ0) is 18.2. The van der Waals surface area contributed by atoms with E-state index in [1.807, 2.05) is 0 Å². The number of nitrogens with one attached hydrogen (secondary N) is 2. The van der Waals surface area contributed by atoms with Gasteiger partial charge in [0.25, 0.3) is 11.8 Å². The van der Waals surface area contributed by atoms with Crippen LogP contribution < -0.4 is 15.6 Å². The molecule has 0 aromatic heterocycles. The van der Waals surface area contributed by atoms with Crippen LogP contribution in [0.25, 0.3) is 6.08 Å². The molecule has 0 fully saturated rings. The van der Waals surface area contributed by atoms with Crippen molar-refractivity contribution in [3.05, 3.63) is 71.8 Å². The fourth-order valence-corrected chi connectivity index (χ4v) is 1.83. The van der Waals surface area contributed by atoms with Gasteiger partial charge in [0.15, 0.2) is 17.7 Å². The van der Waals surface area contributed by atoms with Crippen LogP contribution in [0.2, 0.25) is 0 Å². The summed E-state index contributed by atoms with van der Waals surface area (Å²) in [7, 11) is 0. The first-order valence-corrected chi connectivity index (χ1v) is 7.41. The largest absolute Gasteiger partial charge is 0.478 e. The number of carbonyl (C=O) groups excluding carboxylic acids is 2. The fraction of sp³-hybridized carbons (Fsp3) is 0.111. The van der Waals surface area contributed by atoms with Gasteiger partial charge < -0.3 is 4.74 Å². The van der Waals surface area contributed by atoms with E-state index in [9.17, 15) is 18.4 Å². The van der Waals surface area contributed by atoms with Crippen molar-refractivity contribution in [2.45, 2.75) is 13.0 Å². The Morgan fingerprint density at radius 2 is 1.64 bits per heavy atom. The molecule has 1 atom stereocenters. The number of halogens is 2. The maximum Gasteiger partial charge on any atom is 0.279 e. The monoisotopic (exact) mass is 346 g/mol. The van der Waals surface area contributed by atoms with Crippen molar-refractivity contribution < 1.29 is 23.1 Å². The molecule has 0 unspecified atom stereocenters. The number of hydrazine groups is 1. The quantitative estimate of drug-likeness (QED) is 0.646. The van der Waals surface area contributed by atoms with E-state index in [-0.39, 0.29) is 11.3 Å². The van der Waals surface area contributed by atoms with E-state index in [4.69, 9.17) is 4.74 Å². The number of carbonyl (C=O) groups is 2. The molecule has 25 heavy (non-hydrogen) atoms. The molecular weight excluding hydrogens is 330 g/mol. The number of rotatable bonds is 5. The molecule has 2 aromatic carbocycles. The van der Waals surface area contributed by atoms with Gasteiger partial charge in [0.05, 0.1) is 0 Å². The number of hydrogen-bond donors (Lipinski definition) is 2. The van der Waals surface area contributed by atoms with Crippen molar-refractivity contribution >= 4 is 17.9 Å². The predicted octanol–water partition coefficient (Wildman–Crippen LogP) is 2.59. The second kappa shape index (κ2) is 8.58. The molecule has 2 rings (SSSR count). The van der Waals surface area contributed by atoms with Gasteiger partial charge in [-0.3, -0.25) is 20.4 Å². The molecule has 0 aliphatic rings. The maximum atomic E-state index is 13.5. The summed E-state index contributed by atoms with van der Waals surface area (Å²) in [5.41, 5.74) is 4.51. The van der Waals surface area contributed by atoms with E-state index in [0.29, 0.717) is 0 Å². The van der Waals surface area contributed by atoms with Crippen molar-refractivity contribution in [3.63, 3.8) is 0 Å². The molecule has 2 amide bonds. The molecule has 2 N–H and O–H groups in total. The highest BCUT2D eigenvalue weighted by Crippen LogP contribution is 2.16. The van der Waals surface area contributed by atoms with Crippen molar-refractivity contribution in [1.82, 2.24) is 10.9 Å². The summed E-state index contributed by atoms with van der Waals surface area (Å²) >= 11 is 0. The van der Waals surface area contributed by atoms with Gasteiger partial charge in [-0.25, -0.2) is 8.78 Å². The lowest BCUT2D eigenvalue weighted by molar-refractivity contribution is -0.131. The minimum Gasteiger partial charge on any atom is -0.478 e. The molecule has 0 saturated carbocycles. The van der Waals surface area contributed by atoms with E-state index in [1.165, 1.54) is 49.4 Å². The van der Waals surface area contributed by atoms with Crippen LogP contribution in [0, 0.1) is 11.6 Å². The Morgan fingerprint density at radius 3 is 2.32 bits per heavy atom. The lowest BCUT2D eigenvalue weighted by atomic mass is 10.2. The molecule has 0 aliphatic carbocycles. The van der Waals surface area contributed by atoms with Crippen molar-refractivity contribution in [2.75, 3.05) is 0 Å². The number of ether oxygens (including phenoxy) is 1. The lowest BCUT2D eigenvalue weighted by Gasteiger charge is -2.15. The molecule has 2 aromatic rings. The van der Waals surface area contributed by atoms with Crippen molar-refractivity contribution in [2.24, 2.45) is 0 Å². The van der Waals surface area contributed by atoms with Crippen molar-refractivity contribution in [1.29, 1.82) is 0 Å². The Hall–Kier alpha value is -3.22. The first kappa shape index (κ1) is 18.1. The first-order valence-electron chi connectivity index (χ1n) is 7.41. The SMILES string of the molecule is C[C@@H](Oc1ccccc1F)C(=O)NNC(=O)/C=C/c1ccccc1F. The van der Waals surface area contributed by atoms with Crippen LogP contribution in [0.3, 0.4) is 0 Å². The molecule has 0 heterocycles. The average Bonchev–Trinajstić information content (AvgIpc) is 2.60. The highest BCUT2D eigenvalue weighted by molar-refractivity contribution is 5.93. The second-order valence-corrected chi connectivity index (χ2v) is 5.02. The van der Waals surface area contributed by atoms with Gasteiger partial charge in [0.2, 0.25) is 0 Å². The Balaban J connectivity index is 1.83. The highest BCUT2D eigenvalue weighted by Gasteiger charge is 2.16. The number of hydrogen-bond acceptors (Lipinski definition) is 3. The lowest BCUT2D eigenvalue weighted by Crippen LogP contribution is -2.46. The van der Waals surface area contributed by atoms with E-state index in [0.717, 1.165) is 6.08 Å². The summed E-state index contributed by atoms with van der Waals surface area (Å²) in [5, 5.41) is 0. The van der Waals surface area contributed by atoms with E-state index in [2.05, 4.69) is 10.9 Å². The van der Waals surface area contributed by atoms with Crippen LogP contribution in [0.4, 0.5) is 8.78 Å². The summed E-state index contributed by atoms with van der Waals surface area (Å²) in [6, 6.07) is 11.6. The van der Waals surface area contributed by atoms with Crippen LogP contribution in [0.5, 0.6) is 5.75 Å². The third-order valence-corrected chi connectivity index (χ3v) is 3.14. The second-order valence-electron chi connectivity index (χ2n) is 5.02. The Bertz CT molecular complexity index is 793. The van der Waals surface area contributed by atoms with Crippen LogP contribution >= 0.6 is 0 Å². The normalized spacial score (nSPS) is 11.8. The van der Waals surface area contributed by atoms with Crippen LogP contribution in [0.1, 0.15) is 12.5 Å². The third-order valence-electron chi connectivity index (χ3n) is 3.14. The van der Waals surface area contributed by atoms with Gasteiger partial charge in [-0.05, 0) is 31.2 Å². The van der Waals surface area contributed by atoms with Gasteiger partial charge in [-0.2, -0.15) is 0 Å². The standard InChI is InChI=1S/C18H16F2N2O3/c1-12(25-16-9-5-4-8-15(16)20)18(24)22-21-17(23)11-10-13-6-2-3-7-14(13)19/h2-12H,1H3,(H,21,23)(H,22,24)/b11-10+/t12-/m1/s1. The molecule has 130 valence electrons. The first-order chi connectivity index (χ1) is 12.0. The topological polar surface area (TPSA) is 67.4 Å². The van der Waals surface area contributed by atoms with Gasteiger partial charge >= 0.3 is 0 Å². The van der Waals surface area contributed by atoms with Gasteiger partial charge in [0.1, 0.15) is 5.82 Å². The van der Waals surface area contributed by atoms with Gasteiger partial charge in [0, 0.05) is 11.6 Å². The predicted molar refractivity (Wildman–Crippen MR) is 88.2 cm³/mol. The molecule has 0 spiro atoms.